The first kappa shape index (κ1) is 18.9. The summed E-state index contributed by atoms with van der Waals surface area (Å²) in [6.07, 6.45) is 0.356. The number of aromatic nitrogens is 2. The number of ether oxygens (including phenoxy) is 3. The van der Waals surface area contributed by atoms with Crippen molar-refractivity contribution in [2.75, 3.05) is 20.5 Å². The van der Waals surface area contributed by atoms with E-state index in [1.54, 1.807) is 0 Å². The van der Waals surface area contributed by atoms with Crippen LogP contribution in [-0.4, -0.2) is 36.2 Å². The zero-order chi connectivity index (χ0) is 19.9. The second kappa shape index (κ2) is 6.89. The van der Waals surface area contributed by atoms with Gasteiger partial charge in [-0.05, 0) is 31.0 Å². The van der Waals surface area contributed by atoms with E-state index in [4.69, 9.17) is 14.2 Å². The molecule has 0 radical (unpaired) electrons. The van der Waals surface area contributed by atoms with Crippen LogP contribution < -0.4 is 10.3 Å². The van der Waals surface area contributed by atoms with Crippen molar-refractivity contribution < 1.29 is 27.4 Å². The minimum absolute atomic E-state index is 0.0513. The normalized spacial score (nSPS) is 23.5. The van der Waals surface area contributed by atoms with Gasteiger partial charge in [-0.1, -0.05) is 0 Å². The summed E-state index contributed by atoms with van der Waals surface area (Å²) in [6, 6.07) is 3.02. The highest BCUT2D eigenvalue weighted by atomic mass is 19.4. The van der Waals surface area contributed by atoms with Gasteiger partial charge < -0.3 is 14.2 Å². The number of benzene rings is 1. The van der Waals surface area contributed by atoms with Gasteiger partial charge in [0.25, 0.3) is 5.56 Å². The zero-order valence-electron chi connectivity index (χ0n) is 15.2. The maximum atomic E-state index is 13.1. The number of hydrogen-bond donors (Lipinski definition) is 0. The lowest BCUT2D eigenvalue weighted by molar-refractivity contribution is -0.137. The number of nitrogens with zero attached hydrogens (tertiary/aromatic N) is 2. The highest BCUT2D eigenvalue weighted by Crippen LogP contribution is 2.50. The third kappa shape index (κ3) is 3.40. The Morgan fingerprint density at radius 2 is 2.11 bits per heavy atom. The Balaban J connectivity index is 1.71. The summed E-state index contributed by atoms with van der Waals surface area (Å²) in [5.74, 6) is -0.0839. The van der Waals surface area contributed by atoms with Crippen LogP contribution in [0.4, 0.5) is 13.2 Å². The molecule has 1 saturated carbocycles. The van der Waals surface area contributed by atoms with Gasteiger partial charge in [0, 0.05) is 30.8 Å². The molecule has 2 saturated heterocycles. The Bertz CT molecular complexity index is 930. The maximum Gasteiger partial charge on any atom is 0.416 e. The summed E-state index contributed by atoms with van der Waals surface area (Å²) >= 11 is 0. The van der Waals surface area contributed by atoms with Crippen molar-refractivity contribution >= 4 is 0 Å². The van der Waals surface area contributed by atoms with Gasteiger partial charge in [0.1, 0.15) is 5.75 Å². The van der Waals surface area contributed by atoms with Crippen LogP contribution in [0.3, 0.4) is 0 Å². The van der Waals surface area contributed by atoms with Crippen molar-refractivity contribution in [2.45, 2.75) is 31.7 Å². The van der Waals surface area contributed by atoms with Gasteiger partial charge in [0.15, 0.2) is 6.79 Å². The molecule has 28 heavy (non-hydrogen) atoms. The summed E-state index contributed by atoms with van der Waals surface area (Å²) in [5, 5.41) is 0. The zero-order valence-corrected chi connectivity index (χ0v) is 15.2. The summed E-state index contributed by atoms with van der Waals surface area (Å²) < 4.78 is 56.4. The highest BCUT2D eigenvalue weighted by Gasteiger charge is 2.52. The van der Waals surface area contributed by atoms with Crippen molar-refractivity contribution in [3.05, 3.63) is 46.6 Å². The summed E-state index contributed by atoms with van der Waals surface area (Å²) in [6.45, 7) is 0.833. The SMILES string of the molecule is COCOc1cc(C(F)(F)F)ccc1-c1cncn(CC23COC(C2)C3)c1=O. The van der Waals surface area contributed by atoms with Crippen LogP contribution in [0.2, 0.25) is 0 Å². The van der Waals surface area contributed by atoms with Crippen LogP contribution in [-0.2, 0) is 22.2 Å². The van der Waals surface area contributed by atoms with E-state index in [0.29, 0.717) is 13.2 Å². The number of fused-ring (bicyclic) bond motifs is 1. The van der Waals surface area contributed by atoms with E-state index in [9.17, 15) is 18.0 Å². The van der Waals surface area contributed by atoms with Crippen molar-refractivity contribution in [3.8, 4) is 16.9 Å². The Morgan fingerprint density at radius 1 is 1.32 bits per heavy atom. The smallest absolute Gasteiger partial charge is 0.416 e. The van der Waals surface area contributed by atoms with Gasteiger partial charge in [-0.15, -0.1) is 0 Å². The Hall–Kier alpha value is -2.39. The number of alkyl halides is 3. The van der Waals surface area contributed by atoms with Crippen molar-refractivity contribution in [3.63, 3.8) is 0 Å². The molecule has 2 aliphatic heterocycles. The topological polar surface area (TPSA) is 62.6 Å². The predicted molar refractivity (Wildman–Crippen MR) is 92.8 cm³/mol. The molecule has 3 fully saturated rings. The van der Waals surface area contributed by atoms with Crippen LogP contribution in [0.25, 0.3) is 11.1 Å². The number of halogens is 3. The third-order valence-electron chi connectivity index (χ3n) is 5.28. The second-order valence-electron chi connectivity index (χ2n) is 7.34. The summed E-state index contributed by atoms with van der Waals surface area (Å²) in [4.78, 5) is 17.1. The molecule has 0 spiro atoms. The highest BCUT2D eigenvalue weighted by molar-refractivity contribution is 5.69. The summed E-state index contributed by atoms with van der Waals surface area (Å²) in [7, 11) is 1.36. The quantitative estimate of drug-likeness (QED) is 0.703. The lowest BCUT2D eigenvalue weighted by atomic mass is 9.70. The first-order valence-electron chi connectivity index (χ1n) is 8.81. The number of methoxy groups -OCH3 is 1. The van der Waals surface area contributed by atoms with E-state index < -0.39 is 11.7 Å². The molecule has 2 bridgehead atoms. The predicted octanol–water partition coefficient (Wildman–Crippen LogP) is 3.09. The monoisotopic (exact) mass is 396 g/mol. The van der Waals surface area contributed by atoms with Crippen molar-refractivity contribution in [1.29, 1.82) is 0 Å². The van der Waals surface area contributed by atoms with Gasteiger partial charge in [-0.25, -0.2) is 4.98 Å². The maximum absolute atomic E-state index is 13.1. The first-order valence-corrected chi connectivity index (χ1v) is 8.81. The molecule has 6 nitrogen and oxygen atoms in total. The Morgan fingerprint density at radius 3 is 2.75 bits per heavy atom. The molecule has 0 atom stereocenters. The van der Waals surface area contributed by atoms with Crippen LogP contribution in [0.15, 0.2) is 35.5 Å². The molecule has 5 rings (SSSR count). The fraction of sp³-hybridized carbons (Fsp3) is 0.474. The second-order valence-corrected chi connectivity index (χ2v) is 7.34. The van der Waals surface area contributed by atoms with E-state index in [0.717, 1.165) is 25.0 Å². The molecule has 1 aliphatic carbocycles. The molecular weight excluding hydrogens is 377 g/mol. The minimum Gasteiger partial charge on any atom is -0.467 e. The van der Waals surface area contributed by atoms with Crippen LogP contribution in [0.5, 0.6) is 5.75 Å². The van der Waals surface area contributed by atoms with E-state index in [1.807, 2.05) is 0 Å². The van der Waals surface area contributed by atoms with E-state index in [1.165, 1.54) is 30.3 Å². The molecule has 0 amide bonds. The molecule has 3 heterocycles. The largest absolute Gasteiger partial charge is 0.467 e. The van der Waals surface area contributed by atoms with Gasteiger partial charge in [-0.3, -0.25) is 9.36 Å². The van der Waals surface area contributed by atoms with Crippen LogP contribution in [0, 0.1) is 5.41 Å². The number of rotatable bonds is 6. The molecule has 150 valence electrons. The molecule has 1 aromatic heterocycles. The fourth-order valence-electron chi connectivity index (χ4n) is 3.88. The number of hydrogen-bond acceptors (Lipinski definition) is 5. The van der Waals surface area contributed by atoms with Crippen LogP contribution in [0.1, 0.15) is 18.4 Å². The molecule has 0 N–H and O–H groups in total. The lowest BCUT2D eigenvalue weighted by Gasteiger charge is -2.35. The molecular formula is C19H19F3N2O4. The van der Waals surface area contributed by atoms with Gasteiger partial charge >= 0.3 is 6.18 Å². The first-order chi connectivity index (χ1) is 13.3. The Labute approximate surface area is 158 Å². The molecule has 2 aromatic rings. The van der Waals surface area contributed by atoms with Gasteiger partial charge in [-0.2, -0.15) is 13.2 Å². The van der Waals surface area contributed by atoms with Crippen molar-refractivity contribution in [2.24, 2.45) is 5.41 Å². The minimum atomic E-state index is -4.53. The molecule has 0 unspecified atom stereocenters. The average molecular weight is 396 g/mol. The fourth-order valence-corrected chi connectivity index (χ4v) is 3.88. The third-order valence-corrected chi connectivity index (χ3v) is 5.28. The molecule has 3 aliphatic rings. The summed E-state index contributed by atoms with van der Waals surface area (Å²) in [5.41, 5.74) is -0.836. The van der Waals surface area contributed by atoms with Gasteiger partial charge in [0.05, 0.1) is 30.2 Å². The molecule has 9 heteroatoms. The molecule has 1 aromatic carbocycles. The van der Waals surface area contributed by atoms with E-state index in [-0.39, 0.29) is 40.7 Å². The van der Waals surface area contributed by atoms with Crippen molar-refractivity contribution in [1.82, 2.24) is 9.55 Å². The Kier molecular flexibility index (Phi) is 4.67. The average Bonchev–Trinajstić information content (AvgIpc) is 3.21. The van der Waals surface area contributed by atoms with E-state index in [2.05, 4.69) is 4.98 Å². The van der Waals surface area contributed by atoms with Gasteiger partial charge in [0.2, 0.25) is 0 Å². The standard InChI is InChI=1S/C19H19F3N2O4/c1-26-11-28-16-4-12(19(20,21)22)2-3-14(16)15-7-23-10-24(17(15)25)8-18-5-13(6-18)27-9-18/h2-4,7,10,13H,5-6,8-9,11H2,1H3. The lowest BCUT2D eigenvalue weighted by Crippen LogP contribution is -2.39. The van der Waals surface area contributed by atoms with Crippen LogP contribution >= 0.6 is 0 Å². The van der Waals surface area contributed by atoms with E-state index >= 15 is 0 Å².